The Labute approximate surface area is 148 Å². The Bertz CT molecular complexity index is 841. The lowest BCUT2D eigenvalue weighted by Crippen LogP contribution is -2.37. The van der Waals surface area contributed by atoms with E-state index >= 15 is 0 Å². The molecule has 0 aliphatic carbocycles. The van der Waals surface area contributed by atoms with Crippen LogP contribution in [-0.4, -0.2) is 22.1 Å². The second-order valence-corrected chi connectivity index (χ2v) is 6.19. The molecule has 1 atom stereocenters. The molecule has 1 heterocycles. The average molecular weight is 336 g/mol. The third-order valence-electron chi connectivity index (χ3n) is 4.34. The lowest BCUT2D eigenvalue weighted by Gasteiger charge is -2.15. The first-order chi connectivity index (χ1) is 12.1. The highest BCUT2D eigenvalue weighted by atomic mass is 16.2. The maximum Gasteiger partial charge on any atom is 0.315 e. The summed E-state index contributed by atoms with van der Waals surface area (Å²) in [5, 5.41) is 5.89. The van der Waals surface area contributed by atoms with Crippen LogP contribution in [0.3, 0.4) is 0 Å². The third-order valence-corrected chi connectivity index (χ3v) is 4.34. The van der Waals surface area contributed by atoms with Crippen LogP contribution >= 0.6 is 0 Å². The van der Waals surface area contributed by atoms with Gasteiger partial charge in [-0.15, -0.1) is 0 Å². The van der Waals surface area contributed by atoms with Gasteiger partial charge in [0.05, 0.1) is 17.1 Å². The van der Waals surface area contributed by atoms with Gasteiger partial charge in [-0.2, -0.15) is 0 Å². The maximum atomic E-state index is 12.0. The van der Waals surface area contributed by atoms with Gasteiger partial charge in [-0.1, -0.05) is 42.5 Å². The van der Waals surface area contributed by atoms with Crippen LogP contribution in [0.15, 0.2) is 54.6 Å². The van der Waals surface area contributed by atoms with E-state index in [0.717, 1.165) is 35.4 Å². The van der Waals surface area contributed by atoms with E-state index in [9.17, 15) is 4.79 Å². The molecular weight excluding hydrogens is 312 g/mol. The molecule has 0 bridgehead atoms. The van der Waals surface area contributed by atoms with E-state index in [4.69, 9.17) is 0 Å². The Morgan fingerprint density at radius 3 is 2.64 bits per heavy atom. The van der Waals surface area contributed by atoms with Gasteiger partial charge >= 0.3 is 6.03 Å². The van der Waals surface area contributed by atoms with Crippen molar-refractivity contribution in [3.05, 3.63) is 66.0 Å². The predicted octanol–water partition coefficient (Wildman–Crippen LogP) is 3.80. The molecule has 0 saturated heterocycles. The Morgan fingerprint density at radius 2 is 1.84 bits per heavy atom. The van der Waals surface area contributed by atoms with E-state index < -0.39 is 0 Å². The van der Waals surface area contributed by atoms with Crippen molar-refractivity contribution in [2.75, 3.05) is 6.54 Å². The number of hydrogen-bond acceptors (Lipinski definition) is 2. The maximum absolute atomic E-state index is 12.0. The predicted molar refractivity (Wildman–Crippen MR) is 100 cm³/mol. The molecule has 2 N–H and O–H groups in total. The largest absolute Gasteiger partial charge is 0.338 e. The van der Waals surface area contributed by atoms with E-state index in [2.05, 4.69) is 26.3 Å². The van der Waals surface area contributed by atoms with Crippen molar-refractivity contribution in [2.24, 2.45) is 0 Å². The van der Waals surface area contributed by atoms with Crippen LogP contribution in [0, 0.1) is 6.92 Å². The van der Waals surface area contributed by atoms with Crippen LogP contribution in [0.25, 0.3) is 11.0 Å². The van der Waals surface area contributed by atoms with Crippen molar-refractivity contribution in [1.29, 1.82) is 0 Å². The zero-order valence-electron chi connectivity index (χ0n) is 14.7. The number of fused-ring (bicyclic) bond motifs is 1. The summed E-state index contributed by atoms with van der Waals surface area (Å²) in [5.74, 6) is 1.00. The van der Waals surface area contributed by atoms with E-state index in [1.807, 2.05) is 62.4 Å². The van der Waals surface area contributed by atoms with Gasteiger partial charge in [0.25, 0.3) is 0 Å². The van der Waals surface area contributed by atoms with Crippen molar-refractivity contribution in [2.45, 2.75) is 32.9 Å². The molecule has 2 aromatic carbocycles. The molecule has 0 radical (unpaired) electrons. The number of urea groups is 1. The minimum atomic E-state index is -0.136. The molecule has 0 unspecified atom stereocenters. The normalized spacial score (nSPS) is 12.1. The van der Waals surface area contributed by atoms with Crippen LogP contribution in [0.5, 0.6) is 0 Å². The van der Waals surface area contributed by atoms with Crippen molar-refractivity contribution in [3.8, 4) is 0 Å². The van der Waals surface area contributed by atoms with Crippen LogP contribution in [0.4, 0.5) is 4.79 Å². The standard InChI is InChI=1S/C20H24N4O/c1-15(17-9-4-3-5-10-17)22-20(25)21-13-8-14-24-16(2)23-18-11-6-7-12-19(18)24/h3-7,9-12,15H,8,13-14H2,1-2H3,(H2,21,22,25)/t15-/m0/s1. The quantitative estimate of drug-likeness (QED) is 0.673. The second-order valence-electron chi connectivity index (χ2n) is 6.19. The van der Waals surface area contributed by atoms with Crippen LogP contribution in [0.2, 0.25) is 0 Å². The molecule has 2 amide bonds. The summed E-state index contributed by atoms with van der Waals surface area (Å²) in [4.78, 5) is 16.6. The monoisotopic (exact) mass is 336 g/mol. The second kappa shape index (κ2) is 7.83. The summed E-state index contributed by atoms with van der Waals surface area (Å²) in [6, 6.07) is 17.9. The van der Waals surface area contributed by atoms with Crippen molar-refractivity contribution in [1.82, 2.24) is 20.2 Å². The SMILES string of the molecule is Cc1nc2ccccc2n1CCCNC(=O)N[C@@H](C)c1ccccc1. The first-order valence-electron chi connectivity index (χ1n) is 8.66. The summed E-state index contributed by atoms with van der Waals surface area (Å²) in [6.45, 7) is 5.46. The van der Waals surface area contributed by atoms with E-state index in [0.29, 0.717) is 6.54 Å². The molecule has 0 fully saturated rings. The van der Waals surface area contributed by atoms with Gasteiger partial charge in [-0.05, 0) is 38.0 Å². The summed E-state index contributed by atoms with van der Waals surface area (Å²) >= 11 is 0. The number of nitrogens with one attached hydrogen (secondary N) is 2. The molecule has 5 nitrogen and oxygen atoms in total. The molecule has 0 aliphatic heterocycles. The van der Waals surface area contributed by atoms with E-state index in [-0.39, 0.29) is 12.1 Å². The molecule has 1 aromatic heterocycles. The molecule has 130 valence electrons. The molecule has 0 spiro atoms. The Kier molecular flexibility index (Phi) is 5.33. The van der Waals surface area contributed by atoms with Gasteiger partial charge in [0.2, 0.25) is 0 Å². The number of rotatable bonds is 6. The zero-order valence-corrected chi connectivity index (χ0v) is 14.7. The van der Waals surface area contributed by atoms with Gasteiger partial charge in [0, 0.05) is 13.1 Å². The number of amides is 2. The van der Waals surface area contributed by atoms with E-state index in [1.165, 1.54) is 0 Å². The van der Waals surface area contributed by atoms with Gasteiger partial charge in [0.1, 0.15) is 5.82 Å². The summed E-state index contributed by atoms with van der Waals surface area (Å²) < 4.78 is 2.20. The minimum Gasteiger partial charge on any atom is -0.338 e. The number of benzene rings is 2. The van der Waals surface area contributed by atoms with Crippen LogP contribution < -0.4 is 10.6 Å². The topological polar surface area (TPSA) is 59.0 Å². The number of carbonyl (C=O) groups is 1. The fraction of sp³-hybridized carbons (Fsp3) is 0.300. The molecule has 0 aliphatic rings. The molecule has 5 heteroatoms. The number of para-hydroxylation sites is 2. The Hall–Kier alpha value is -2.82. The van der Waals surface area contributed by atoms with Crippen molar-refractivity contribution in [3.63, 3.8) is 0 Å². The Morgan fingerprint density at radius 1 is 1.12 bits per heavy atom. The summed E-state index contributed by atoms with van der Waals surface area (Å²) in [5.41, 5.74) is 3.25. The van der Waals surface area contributed by atoms with Gasteiger partial charge in [0.15, 0.2) is 0 Å². The molecule has 3 aromatic rings. The number of hydrogen-bond donors (Lipinski definition) is 2. The number of carbonyl (C=O) groups excluding carboxylic acids is 1. The van der Waals surface area contributed by atoms with Crippen molar-refractivity contribution < 1.29 is 4.79 Å². The third kappa shape index (κ3) is 4.18. The minimum absolute atomic E-state index is 0.0129. The van der Waals surface area contributed by atoms with Crippen LogP contribution in [-0.2, 0) is 6.54 Å². The average Bonchev–Trinajstić information content (AvgIpc) is 2.95. The van der Waals surface area contributed by atoms with Crippen LogP contribution in [0.1, 0.15) is 30.8 Å². The molecule has 3 rings (SSSR count). The van der Waals surface area contributed by atoms with Gasteiger partial charge < -0.3 is 15.2 Å². The number of aryl methyl sites for hydroxylation is 2. The lowest BCUT2D eigenvalue weighted by molar-refractivity contribution is 0.237. The highest BCUT2D eigenvalue weighted by Gasteiger charge is 2.09. The molecule has 25 heavy (non-hydrogen) atoms. The smallest absolute Gasteiger partial charge is 0.315 e. The highest BCUT2D eigenvalue weighted by molar-refractivity contribution is 5.76. The number of aromatic nitrogens is 2. The first kappa shape index (κ1) is 17.0. The van der Waals surface area contributed by atoms with Gasteiger partial charge in [-0.3, -0.25) is 0 Å². The number of nitrogens with zero attached hydrogens (tertiary/aromatic N) is 2. The van der Waals surface area contributed by atoms with E-state index in [1.54, 1.807) is 0 Å². The number of imidazole rings is 1. The van der Waals surface area contributed by atoms with Gasteiger partial charge in [-0.25, -0.2) is 9.78 Å². The molecular formula is C20H24N4O. The first-order valence-corrected chi connectivity index (χ1v) is 8.66. The highest BCUT2D eigenvalue weighted by Crippen LogP contribution is 2.15. The Balaban J connectivity index is 1.46. The molecule has 0 saturated carbocycles. The van der Waals surface area contributed by atoms with Crippen molar-refractivity contribution >= 4 is 17.1 Å². The fourth-order valence-electron chi connectivity index (χ4n) is 2.99. The zero-order chi connectivity index (χ0) is 17.6. The summed E-state index contributed by atoms with van der Waals surface area (Å²) in [6.07, 6.45) is 0.855. The summed E-state index contributed by atoms with van der Waals surface area (Å²) in [7, 11) is 0. The fourth-order valence-corrected chi connectivity index (χ4v) is 2.99. The lowest BCUT2D eigenvalue weighted by atomic mass is 10.1.